The van der Waals surface area contributed by atoms with Gasteiger partial charge in [0.15, 0.2) is 0 Å². The fourth-order valence-electron chi connectivity index (χ4n) is 4.31. The number of rotatable bonds is 10. The summed E-state index contributed by atoms with van der Waals surface area (Å²) in [5.41, 5.74) is 5.88. The second kappa shape index (κ2) is 12.2. The van der Waals surface area contributed by atoms with Gasteiger partial charge in [0.1, 0.15) is 11.4 Å². The highest BCUT2D eigenvalue weighted by molar-refractivity contribution is 5.96. The highest BCUT2D eigenvalue weighted by Gasteiger charge is 2.13. The first-order valence-electron chi connectivity index (χ1n) is 12.8. The Labute approximate surface area is 213 Å². The van der Waals surface area contributed by atoms with Crippen molar-refractivity contribution in [3.8, 4) is 5.75 Å². The Morgan fingerprint density at radius 1 is 0.694 bits per heavy atom. The zero-order valence-corrected chi connectivity index (χ0v) is 21.4. The summed E-state index contributed by atoms with van der Waals surface area (Å²) in [6.45, 7) is 6.24. The van der Waals surface area contributed by atoms with Crippen LogP contribution in [0, 0.1) is 13.8 Å². The van der Waals surface area contributed by atoms with E-state index in [9.17, 15) is 5.11 Å². The molecule has 0 unspecified atom stereocenters. The van der Waals surface area contributed by atoms with Crippen LogP contribution in [-0.2, 0) is 6.42 Å². The smallest absolute Gasteiger partial charge is 0.146 e. The van der Waals surface area contributed by atoms with Crippen LogP contribution in [0.25, 0.3) is 10.8 Å². The van der Waals surface area contributed by atoms with Crippen LogP contribution in [0.4, 0.5) is 22.7 Å². The molecular formula is C31H34N4O. The zero-order valence-electron chi connectivity index (χ0n) is 21.4. The molecule has 0 aliphatic heterocycles. The van der Waals surface area contributed by atoms with Gasteiger partial charge in [0.05, 0.1) is 17.1 Å². The van der Waals surface area contributed by atoms with Crippen LogP contribution in [0.2, 0.25) is 0 Å². The summed E-state index contributed by atoms with van der Waals surface area (Å²) in [5.74, 6) is 0.230. The van der Waals surface area contributed by atoms with Gasteiger partial charge in [-0.1, -0.05) is 69.0 Å². The molecule has 0 aliphatic rings. The van der Waals surface area contributed by atoms with Crippen molar-refractivity contribution >= 4 is 33.5 Å². The maximum absolute atomic E-state index is 11.1. The van der Waals surface area contributed by atoms with Gasteiger partial charge in [0, 0.05) is 5.39 Å². The molecule has 0 aliphatic carbocycles. The molecule has 4 aromatic carbocycles. The first-order valence-corrected chi connectivity index (χ1v) is 12.8. The number of hydrogen-bond donors (Lipinski definition) is 1. The second-order valence-electron chi connectivity index (χ2n) is 9.33. The van der Waals surface area contributed by atoms with Crippen molar-refractivity contribution in [1.82, 2.24) is 0 Å². The fourth-order valence-corrected chi connectivity index (χ4v) is 4.31. The average molecular weight is 479 g/mol. The van der Waals surface area contributed by atoms with Crippen molar-refractivity contribution in [3.63, 3.8) is 0 Å². The van der Waals surface area contributed by atoms with Crippen molar-refractivity contribution in [2.45, 2.75) is 59.3 Å². The van der Waals surface area contributed by atoms with Crippen molar-refractivity contribution in [2.75, 3.05) is 0 Å². The van der Waals surface area contributed by atoms with Crippen LogP contribution in [0.5, 0.6) is 5.75 Å². The van der Waals surface area contributed by atoms with E-state index in [0.29, 0.717) is 11.4 Å². The van der Waals surface area contributed by atoms with Crippen molar-refractivity contribution < 1.29 is 5.11 Å². The number of nitrogens with zero attached hydrogens (tertiary/aromatic N) is 4. The van der Waals surface area contributed by atoms with Crippen LogP contribution in [-0.4, -0.2) is 5.11 Å². The number of azo groups is 2. The molecule has 0 radical (unpaired) electrons. The van der Waals surface area contributed by atoms with Gasteiger partial charge in [-0.25, -0.2) is 0 Å². The Bertz CT molecular complexity index is 1390. The molecule has 0 atom stereocenters. The molecule has 0 amide bonds. The monoisotopic (exact) mass is 478 g/mol. The first kappa shape index (κ1) is 25.2. The van der Waals surface area contributed by atoms with Gasteiger partial charge in [-0.2, -0.15) is 15.3 Å². The van der Waals surface area contributed by atoms with E-state index in [2.05, 4.69) is 39.5 Å². The summed E-state index contributed by atoms with van der Waals surface area (Å²) in [6.07, 6.45) is 6.78. The lowest BCUT2D eigenvalue weighted by Gasteiger charge is -2.11. The second-order valence-corrected chi connectivity index (χ2v) is 9.33. The van der Waals surface area contributed by atoms with Gasteiger partial charge < -0.3 is 5.11 Å². The maximum atomic E-state index is 11.1. The van der Waals surface area contributed by atoms with E-state index in [-0.39, 0.29) is 5.75 Å². The third-order valence-corrected chi connectivity index (χ3v) is 6.34. The molecule has 0 aromatic heterocycles. The van der Waals surface area contributed by atoms with E-state index < -0.39 is 0 Å². The summed E-state index contributed by atoms with van der Waals surface area (Å²) in [5, 5.41) is 30.8. The van der Waals surface area contributed by atoms with Gasteiger partial charge in [0.2, 0.25) is 0 Å². The highest BCUT2D eigenvalue weighted by Crippen LogP contribution is 2.40. The first-order chi connectivity index (χ1) is 17.5. The predicted molar refractivity (Wildman–Crippen MR) is 149 cm³/mol. The molecule has 5 heteroatoms. The van der Waals surface area contributed by atoms with Gasteiger partial charge in [0.25, 0.3) is 0 Å². The maximum Gasteiger partial charge on any atom is 0.146 e. The van der Waals surface area contributed by atoms with Crippen LogP contribution in [0.1, 0.15) is 55.7 Å². The van der Waals surface area contributed by atoms with E-state index in [1.54, 1.807) is 0 Å². The molecule has 4 aromatic rings. The molecule has 184 valence electrons. The number of benzene rings is 4. The number of unbranched alkanes of at least 4 members (excludes halogenated alkanes) is 4. The predicted octanol–water partition coefficient (Wildman–Crippen LogP) is 10.5. The minimum Gasteiger partial charge on any atom is -0.505 e. The Balaban J connectivity index is 1.56. The molecule has 4 rings (SSSR count). The number of aromatic hydroxyl groups is 1. The summed E-state index contributed by atoms with van der Waals surface area (Å²) < 4.78 is 0. The van der Waals surface area contributed by atoms with Crippen molar-refractivity contribution in [1.29, 1.82) is 0 Å². The van der Waals surface area contributed by atoms with Gasteiger partial charge in [-0.05, 0) is 85.2 Å². The normalized spacial score (nSPS) is 11.8. The molecule has 1 N–H and O–H groups in total. The van der Waals surface area contributed by atoms with E-state index in [0.717, 1.165) is 51.7 Å². The lowest BCUT2D eigenvalue weighted by atomic mass is 9.99. The molecule has 0 heterocycles. The zero-order chi connectivity index (χ0) is 25.3. The summed E-state index contributed by atoms with van der Waals surface area (Å²) in [7, 11) is 0. The lowest BCUT2D eigenvalue weighted by molar-refractivity contribution is 0.468. The van der Waals surface area contributed by atoms with Gasteiger partial charge in [-0.15, -0.1) is 5.11 Å². The number of phenolic OH excluding ortho intramolecular Hbond substituents is 1. The Hall–Kier alpha value is -3.86. The lowest BCUT2D eigenvalue weighted by Crippen LogP contribution is -1.89. The molecule has 0 spiro atoms. The highest BCUT2D eigenvalue weighted by atomic mass is 16.3. The van der Waals surface area contributed by atoms with Crippen LogP contribution < -0.4 is 0 Å². The minimum absolute atomic E-state index is 0.230. The molecule has 36 heavy (non-hydrogen) atoms. The van der Waals surface area contributed by atoms with E-state index in [1.807, 2.05) is 74.5 Å². The SMILES string of the molecule is CCCCCCCc1cc2ccccc2c(N=Nc2ccc(N=Nc3cccc(C)c3)c(C)c2)c1O. The van der Waals surface area contributed by atoms with Crippen LogP contribution in [0.3, 0.4) is 0 Å². The van der Waals surface area contributed by atoms with E-state index in [1.165, 1.54) is 25.7 Å². The molecule has 0 saturated heterocycles. The number of aryl methyl sites for hydroxylation is 3. The minimum atomic E-state index is 0.230. The quantitative estimate of drug-likeness (QED) is 0.179. The number of phenols is 1. The third-order valence-electron chi connectivity index (χ3n) is 6.34. The Morgan fingerprint density at radius 2 is 1.47 bits per heavy atom. The Kier molecular flexibility index (Phi) is 8.56. The number of fused-ring (bicyclic) bond motifs is 1. The Morgan fingerprint density at radius 3 is 2.28 bits per heavy atom. The molecule has 0 fully saturated rings. The summed E-state index contributed by atoms with van der Waals surface area (Å²) in [4.78, 5) is 0. The fraction of sp³-hybridized carbons (Fsp3) is 0.290. The van der Waals surface area contributed by atoms with Crippen molar-refractivity contribution in [2.24, 2.45) is 20.5 Å². The van der Waals surface area contributed by atoms with Crippen molar-refractivity contribution in [3.05, 3.63) is 89.5 Å². The van der Waals surface area contributed by atoms with Crippen LogP contribution >= 0.6 is 0 Å². The molecule has 0 bridgehead atoms. The van der Waals surface area contributed by atoms with Gasteiger partial charge >= 0.3 is 0 Å². The van der Waals surface area contributed by atoms with Crippen LogP contribution in [0.15, 0.2) is 93.3 Å². The number of hydrogen-bond acceptors (Lipinski definition) is 5. The van der Waals surface area contributed by atoms with E-state index >= 15 is 0 Å². The average Bonchev–Trinajstić information content (AvgIpc) is 2.88. The standard InChI is InChI=1S/C31H34N4O/c1-4-5-6-7-8-14-25-21-24-13-9-10-16-28(24)30(31(25)36)35-33-27-17-18-29(23(3)20-27)34-32-26-15-11-12-22(2)19-26/h9-13,15-21,36H,4-8,14H2,1-3H3. The molecule has 5 nitrogen and oxygen atoms in total. The largest absolute Gasteiger partial charge is 0.505 e. The molecule has 0 saturated carbocycles. The van der Waals surface area contributed by atoms with E-state index in [4.69, 9.17) is 0 Å². The summed E-state index contributed by atoms with van der Waals surface area (Å²) in [6, 6.07) is 23.7. The van der Waals surface area contributed by atoms with Gasteiger partial charge in [-0.3, -0.25) is 0 Å². The third kappa shape index (κ3) is 6.42. The summed E-state index contributed by atoms with van der Waals surface area (Å²) >= 11 is 0. The topological polar surface area (TPSA) is 69.7 Å². The molecular weight excluding hydrogens is 444 g/mol.